The molecule has 3 heterocycles. The molecule has 1 N–H and O–H groups in total. The Morgan fingerprint density at radius 1 is 1.40 bits per heavy atom. The van der Waals surface area contributed by atoms with Gasteiger partial charge in [0.1, 0.15) is 6.61 Å². The molecule has 0 bridgehead atoms. The van der Waals surface area contributed by atoms with Crippen LogP contribution in [-0.4, -0.2) is 47.1 Å². The Bertz CT molecular complexity index is 469. The van der Waals surface area contributed by atoms with Crippen LogP contribution in [0.1, 0.15) is 25.3 Å². The number of nitrogens with one attached hydrogen (secondary N) is 1. The van der Waals surface area contributed by atoms with Gasteiger partial charge in [0.25, 0.3) is 0 Å². The minimum absolute atomic E-state index is 0.00217. The molecule has 20 heavy (non-hydrogen) atoms. The third-order valence-electron chi connectivity index (χ3n) is 4.52. The number of carbonyl (C=O) groups is 1. The fourth-order valence-corrected chi connectivity index (χ4v) is 3.16. The summed E-state index contributed by atoms with van der Waals surface area (Å²) in [4.78, 5) is 17.8. The van der Waals surface area contributed by atoms with Gasteiger partial charge in [0, 0.05) is 32.0 Å². The second-order valence-electron chi connectivity index (χ2n) is 5.77. The van der Waals surface area contributed by atoms with Gasteiger partial charge in [-0.1, -0.05) is 0 Å². The quantitative estimate of drug-likeness (QED) is 0.873. The maximum atomic E-state index is 11.4. The van der Waals surface area contributed by atoms with Crippen molar-refractivity contribution >= 4 is 5.91 Å². The molecule has 1 aromatic heterocycles. The molecule has 0 radical (unpaired) electrons. The van der Waals surface area contributed by atoms with E-state index in [4.69, 9.17) is 4.74 Å². The van der Waals surface area contributed by atoms with Gasteiger partial charge in [0.2, 0.25) is 5.91 Å². The number of ether oxygens (including phenoxy) is 1. The molecule has 108 valence electrons. The van der Waals surface area contributed by atoms with Gasteiger partial charge >= 0.3 is 0 Å². The molecule has 0 aliphatic carbocycles. The van der Waals surface area contributed by atoms with E-state index in [2.05, 4.69) is 34.3 Å². The van der Waals surface area contributed by atoms with Crippen LogP contribution >= 0.6 is 0 Å². The van der Waals surface area contributed by atoms with E-state index >= 15 is 0 Å². The average molecular weight is 275 g/mol. The van der Waals surface area contributed by atoms with Crippen LogP contribution in [-0.2, 0) is 16.1 Å². The fourth-order valence-electron chi connectivity index (χ4n) is 3.16. The topological polar surface area (TPSA) is 54.5 Å². The van der Waals surface area contributed by atoms with Crippen LogP contribution in [0.2, 0.25) is 0 Å². The highest BCUT2D eigenvalue weighted by molar-refractivity contribution is 5.78. The number of likely N-dealkylation sites (tertiary alicyclic amines) is 1. The minimum atomic E-state index is -0.164. The Kier molecular flexibility index (Phi) is 3.72. The predicted octanol–water partition coefficient (Wildman–Crippen LogP) is 0.951. The maximum absolute atomic E-state index is 11.4. The van der Waals surface area contributed by atoms with Gasteiger partial charge in [0.15, 0.2) is 0 Å². The first-order valence-corrected chi connectivity index (χ1v) is 7.22. The summed E-state index contributed by atoms with van der Waals surface area (Å²) < 4.78 is 5.88. The molecular formula is C15H21N3O2. The van der Waals surface area contributed by atoms with E-state index in [0.29, 0.717) is 0 Å². The van der Waals surface area contributed by atoms with Crippen LogP contribution in [0.15, 0.2) is 24.5 Å². The lowest BCUT2D eigenvalue weighted by atomic mass is 9.83. The number of aromatic nitrogens is 1. The van der Waals surface area contributed by atoms with Gasteiger partial charge in [-0.15, -0.1) is 0 Å². The van der Waals surface area contributed by atoms with E-state index in [1.54, 1.807) is 0 Å². The van der Waals surface area contributed by atoms with Crippen molar-refractivity contribution in [2.24, 2.45) is 0 Å². The highest BCUT2D eigenvalue weighted by atomic mass is 16.5. The van der Waals surface area contributed by atoms with Crippen molar-refractivity contribution in [1.29, 1.82) is 0 Å². The molecular weight excluding hydrogens is 254 g/mol. The number of amides is 1. The second kappa shape index (κ2) is 5.50. The van der Waals surface area contributed by atoms with Gasteiger partial charge in [-0.25, -0.2) is 0 Å². The number of piperidine rings is 1. The molecule has 2 saturated heterocycles. The molecule has 1 unspecified atom stereocenters. The fraction of sp³-hybridized carbons (Fsp3) is 0.600. The molecule has 1 spiro atoms. The number of carbonyl (C=O) groups excluding carboxylic acids is 1. The first-order valence-electron chi connectivity index (χ1n) is 7.22. The lowest BCUT2D eigenvalue weighted by Crippen LogP contribution is -2.62. The van der Waals surface area contributed by atoms with E-state index in [1.807, 2.05) is 12.4 Å². The number of rotatable bonds is 2. The highest BCUT2D eigenvalue weighted by Gasteiger charge is 2.44. The Labute approximate surface area is 119 Å². The third-order valence-corrected chi connectivity index (χ3v) is 4.52. The summed E-state index contributed by atoms with van der Waals surface area (Å²) in [5.41, 5.74) is 1.13. The SMILES string of the molecule is CC1NC(=O)COC12CCN(Cc1ccncc1)CC2. The van der Waals surface area contributed by atoms with Crippen molar-refractivity contribution < 1.29 is 9.53 Å². The van der Waals surface area contributed by atoms with E-state index in [1.165, 1.54) is 5.56 Å². The lowest BCUT2D eigenvalue weighted by Gasteiger charge is -2.47. The monoisotopic (exact) mass is 275 g/mol. The van der Waals surface area contributed by atoms with Crippen LogP contribution in [0.3, 0.4) is 0 Å². The van der Waals surface area contributed by atoms with E-state index < -0.39 is 0 Å². The normalized spacial score (nSPS) is 26.4. The first-order chi connectivity index (χ1) is 9.68. The van der Waals surface area contributed by atoms with E-state index in [0.717, 1.165) is 32.5 Å². The highest BCUT2D eigenvalue weighted by Crippen LogP contribution is 2.32. The molecule has 1 amide bonds. The van der Waals surface area contributed by atoms with Gasteiger partial charge in [-0.2, -0.15) is 0 Å². The molecule has 2 fully saturated rings. The average Bonchev–Trinajstić information content (AvgIpc) is 2.47. The van der Waals surface area contributed by atoms with Gasteiger partial charge < -0.3 is 10.1 Å². The summed E-state index contributed by atoms with van der Waals surface area (Å²) in [7, 11) is 0. The molecule has 5 heteroatoms. The number of morpholine rings is 1. The zero-order chi connectivity index (χ0) is 14.0. The maximum Gasteiger partial charge on any atom is 0.246 e. The smallest absolute Gasteiger partial charge is 0.246 e. The van der Waals surface area contributed by atoms with Crippen molar-refractivity contribution in [3.05, 3.63) is 30.1 Å². The number of hydrogen-bond donors (Lipinski definition) is 1. The molecule has 1 atom stereocenters. The predicted molar refractivity (Wildman–Crippen MR) is 75.0 cm³/mol. The van der Waals surface area contributed by atoms with Crippen LogP contribution in [0.4, 0.5) is 0 Å². The summed E-state index contributed by atoms with van der Waals surface area (Å²) in [6, 6.07) is 4.22. The molecule has 0 aromatic carbocycles. The standard InChI is InChI=1S/C15H21N3O2/c1-12-15(20-11-14(19)17-12)4-8-18(9-5-15)10-13-2-6-16-7-3-13/h2-3,6-7,12H,4-5,8-11H2,1H3,(H,17,19). The van der Waals surface area contributed by atoms with Gasteiger partial charge in [-0.05, 0) is 37.5 Å². The summed E-state index contributed by atoms with van der Waals surface area (Å²) in [5, 5.41) is 3.01. The van der Waals surface area contributed by atoms with Crippen molar-refractivity contribution in [3.8, 4) is 0 Å². The van der Waals surface area contributed by atoms with Gasteiger partial charge in [0.05, 0.1) is 11.6 Å². The number of hydrogen-bond acceptors (Lipinski definition) is 4. The van der Waals surface area contributed by atoms with Crippen molar-refractivity contribution in [1.82, 2.24) is 15.2 Å². The van der Waals surface area contributed by atoms with Crippen LogP contribution < -0.4 is 5.32 Å². The van der Waals surface area contributed by atoms with Crippen LogP contribution in [0.25, 0.3) is 0 Å². The lowest BCUT2D eigenvalue weighted by molar-refractivity contribution is -0.159. The zero-order valence-electron chi connectivity index (χ0n) is 11.8. The van der Waals surface area contributed by atoms with E-state index in [9.17, 15) is 4.79 Å². The summed E-state index contributed by atoms with van der Waals surface area (Å²) in [5.74, 6) is 0.00217. The Morgan fingerprint density at radius 3 is 2.75 bits per heavy atom. The molecule has 2 aliphatic heterocycles. The third kappa shape index (κ3) is 2.69. The summed E-state index contributed by atoms with van der Waals surface area (Å²) in [6.07, 6.45) is 5.62. The first kappa shape index (κ1) is 13.5. The minimum Gasteiger partial charge on any atom is -0.363 e. The number of nitrogens with zero attached hydrogens (tertiary/aromatic N) is 2. The molecule has 1 aromatic rings. The zero-order valence-corrected chi connectivity index (χ0v) is 11.8. The van der Waals surface area contributed by atoms with Crippen LogP contribution in [0.5, 0.6) is 0 Å². The van der Waals surface area contributed by atoms with Gasteiger partial charge in [-0.3, -0.25) is 14.7 Å². The molecule has 2 aliphatic rings. The Hall–Kier alpha value is -1.46. The van der Waals surface area contributed by atoms with Crippen molar-refractivity contribution in [2.75, 3.05) is 19.7 Å². The molecule has 0 saturated carbocycles. The largest absolute Gasteiger partial charge is 0.363 e. The van der Waals surface area contributed by atoms with Crippen molar-refractivity contribution in [3.63, 3.8) is 0 Å². The Morgan fingerprint density at radius 2 is 2.10 bits per heavy atom. The van der Waals surface area contributed by atoms with Crippen LogP contribution in [0, 0.1) is 0 Å². The second-order valence-corrected chi connectivity index (χ2v) is 5.77. The number of pyridine rings is 1. The van der Waals surface area contributed by atoms with E-state index in [-0.39, 0.29) is 24.2 Å². The molecule has 5 nitrogen and oxygen atoms in total. The summed E-state index contributed by atoms with van der Waals surface area (Å²) >= 11 is 0. The summed E-state index contributed by atoms with van der Waals surface area (Å²) in [6.45, 7) is 5.22. The molecule has 3 rings (SSSR count). The Balaban J connectivity index is 1.58. The van der Waals surface area contributed by atoms with Crippen molar-refractivity contribution in [2.45, 2.75) is 38.0 Å².